The quantitative estimate of drug-likeness (QED) is 0.0812. The second-order valence-electron chi connectivity index (χ2n) is 8.03. The number of nitrogens with zero attached hydrogens (tertiary/aromatic N) is 2. The fraction of sp³-hybridized carbons (Fsp3) is 0.0370. The van der Waals surface area contributed by atoms with E-state index in [0.29, 0.717) is 16.9 Å². The maximum Gasteiger partial charge on any atom is 0.281 e. The number of hydrazone groups is 1. The highest BCUT2D eigenvalue weighted by atomic mass is 127. The van der Waals surface area contributed by atoms with Crippen LogP contribution < -0.4 is 10.2 Å². The highest BCUT2D eigenvalue weighted by molar-refractivity contribution is 14.1. The van der Waals surface area contributed by atoms with E-state index >= 15 is 0 Å². The van der Waals surface area contributed by atoms with Crippen molar-refractivity contribution in [1.29, 1.82) is 0 Å². The number of non-ortho nitro benzene ring substituents is 1. The molecule has 0 saturated heterocycles. The predicted octanol–water partition coefficient (Wildman–Crippen LogP) is 7.51. The highest BCUT2D eigenvalue weighted by Crippen LogP contribution is 2.31. The molecule has 7 nitrogen and oxygen atoms in total. The van der Waals surface area contributed by atoms with E-state index in [0.717, 1.165) is 28.7 Å². The molecule has 5 rings (SSSR count). The average molecular weight is 733 g/mol. The van der Waals surface area contributed by atoms with Gasteiger partial charge >= 0.3 is 0 Å². The molecule has 0 fully saturated rings. The van der Waals surface area contributed by atoms with Gasteiger partial charge in [0.25, 0.3) is 11.6 Å². The number of halogens is 2. The van der Waals surface area contributed by atoms with Gasteiger partial charge in [0.05, 0.1) is 23.2 Å². The number of amides is 1. The van der Waals surface area contributed by atoms with Crippen molar-refractivity contribution in [2.45, 2.75) is 6.61 Å². The summed E-state index contributed by atoms with van der Waals surface area (Å²) in [7, 11) is 0. The van der Waals surface area contributed by atoms with Crippen molar-refractivity contribution in [3.8, 4) is 5.75 Å². The van der Waals surface area contributed by atoms with Crippen molar-refractivity contribution in [3.63, 3.8) is 0 Å². The van der Waals surface area contributed by atoms with Crippen molar-refractivity contribution < 1.29 is 14.5 Å². The van der Waals surface area contributed by atoms with Gasteiger partial charge in [-0.15, -0.1) is 11.3 Å². The minimum absolute atomic E-state index is 0.0102. The molecular formula is C27H17I2N3O4S. The van der Waals surface area contributed by atoms with E-state index < -0.39 is 4.92 Å². The number of ether oxygens (including phenoxy) is 1. The van der Waals surface area contributed by atoms with Crippen LogP contribution in [0.2, 0.25) is 0 Å². The Labute approximate surface area is 243 Å². The molecule has 0 aliphatic carbocycles. The molecule has 37 heavy (non-hydrogen) atoms. The van der Waals surface area contributed by atoms with Gasteiger partial charge < -0.3 is 4.74 Å². The fourth-order valence-electron chi connectivity index (χ4n) is 3.84. The molecule has 0 unspecified atom stereocenters. The van der Waals surface area contributed by atoms with Crippen molar-refractivity contribution in [2.24, 2.45) is 5.10 Å². The summed E-state index contributed by atoms with van der Waals surface area (Å²) in [6, 6.07) is 24.5. The Bertz CT molecular complexity index is 1670. The third-order valence-corrected chi connectivity index (χ3v) is 8.30. The van der Waals surface area contributed by atoms with Crippen LogP contribution in [-0.4, -0.2) is 17.0 Å². The Morgan fingerprint density at radius 3 is 2.54 bits per heavy atom. The number of fused-ring (bicyclic) bond motifs is 2. The molecule has 10 heteroatoms. The first-order valence-electron chi connectivity index (χ1n) is 11.0. The van der Waals surface area contributed by atoms with Crippen molar-refractivity contribution in [1.82, 2.24) is 5.43 Å². The van der Waals surface area contributed by atoms with Crippen LogP contribution in [0.1, 0.15) is 20.8 Å². The molecular weight excluding hydrogens is 716 g/mol. The van der Waals surface area contributed by atoms with Gasteiger partial charge in [0, 0.05) is 22.2 Å². The van der Waals surface area contributed by atoms with E-state index in [4.69, 9.17) is 4.74 Å². The number of carbonyl (C=O) groups excluding carboxylic acids is 1. The Morgan fingerprint density at radius 1 is 1.00 bits per heavy atom. The molecule has 0 aliphatic rings. The van der Waals surface area contributed by atoms with E-state index in [1.165, 1.54) is 34.2 Å². The van der Waals surface area contributed by atoms with Gasteiger partial charge in [-0.3, -0.25) is 14.9 Å². The van der Waals surface area contributed by atoms with E-state index in [2.05, 4.69) is 80.0 Å². The summed E-state index contributed by atoms with van der Waals surface area (Å²) in [6.45, 7) is 0.454. The van der Waals surface area contributed by atoms with Gasteiger partial charge in [0.2, 0.25) is 0 Å². The summed E-state index contributed by atoms with van der Waals surface area (Å²) < 4.78 is 8.86. The molecule has 1 aromatic heterocycles. The summed E-state index contributed by atoms with van der Waals surface area (Å²) in [5.41, 5.74) is 4.46. The maximum absolute atomic E-state index is 12.6. The van der Waals surface area contributed by atoms with Gasteiger partial charge in [-0.1, -0.05) is 42.5 Å². The third kappa shape index (κ3) is 5.75. The summed E-state index contributed by atoms with van der Waals surface area (Å²) >= 11 is 5.73. The van der Waals surface area contributed by atoms with Crippen LogP contribution in [0.5, 0.6) is 5.75 Å². The number of nitro benzene ring substituents is 1. The van der Waals surface area contributed by atoms with Crippen molar-refractivity contribution >= 4 is 95.2 Å². The molecule has 1 N–H and O–H groups in total. The number of nitrogens with one attached hydrogen (secondary N) is 1. The second kappa shape index (κ2) is 11.1. The highest BCUT2D eigenvalue weighted by Gasteiger charge is 2.13. The van der Waals surface area contributed by atoms with Crippen molar-refractivity contribution in [3.05, 3.63) is 112 Å². The minimum Gasteiger partial charge on any atom is -0.487 e. The Kier molecular flexibility index (Phi) is 7.67. The number of nitro groups is 1. The zero-order valence-corrected chi connectivity index (χ0v) is 24.1. The smallest absolute Gasteiger partial charge is 0.281 e. The van der Waals surface area contributed by atoms with Crippen molar-refractivity contribution in [2.75, 3.05) is 0 Å². The van der Waals surface area contributed by atoms with Gasteiger partial charge in [0.1, 0.15) is 12.4 Å². The lowest BCUT2D eigenvalue weighted by molar-refractivity contribution is -0.384. The van der Waals surface area contributed by atoms with E-state index in [1.54, 1.807) is 18.3 Å². The zero-order chi connectivity index (χ0) is 25.9. The summed E-state index contributed by atoms with van der Waals surface area (Å²) in [4.78, 5) is 23.5. The first-order chi connectivity index (χ1) is 17.9. The number of hydrogen-bond acceptors (Lipinski definition) is 6. The molecule has 184 valence electrons. The topological polar surface area (TPSA) is 93.8 Å². The van der Waals surface area contributed by atoms with Gasteiger partial charge in [-0.25, -0.2) is 5.43 Å². The van der Waals surface area contributed by atoms with E-state index in [9.17, 15) is 14.9 Å². The van der Waals surface area contributed by atoms with Gasteiger partial charge in [0.15, 0.2) is 0 Å². The minimum atomic E-state index is -0.455. The maximum atomic E-state index is 12.6. The van der Waals surface area contributed by atoms with Crippen LogP contribution in [0.25, 0.3) is 20.9 Å². The van der Waals surface area contributed by atoms with Gasteiger partial charge in [-0.2, -0.15) is 5.10 Å². The number of rotatable bonds is 7. The second-order valence-corrected chi connectivity index (χ2v) is 11.4. The predicted molar refractivity (Wildman–Crippen MR) is 164 cm³/mol. The first kappa shape index (κ1) is 25.5. The van der Waals surface area contributed by atoms with Crippen LogP contribution in [0, 0.1) is 17.3 Å². The number of benzene rings is 4. The van der Waals surface area contributed by atoms with Crippen LogP contribution >= 0.6 is 56.5 Å². The van der Waals surface area contributed by atoms with Crippen LogP contribution in [0.15, 0.2) is 84.0 Å². The standard InChI is InChI=1S/C27H17I2N3O4S/c28-22-10-16(11-23(29)26(22)36-15-18-6-3-5-17-4-1-2-7-21(17)18)14-30-31-27(33)25-13-19-12-20(32(34)35)8-9-24(19)37-25/h1-14H,15H2,(H,31,33)/b30-14-. The lowest BCUT2D eigenvalue weighted by Gasteiger charge is -2.13. The lowest BCUT2D eigenvalue weighted by atomic mass is 10.1. The lowest BCUT2D eigenvalue weighted by Crippen LogP contribution is -2.16. The molecule has 0 bridgehead atoms. The molecule has 0 radical (unpaired) electrons. The molecule has 1 heterocycles. The van der Waals surface area contributed by atoms with Crippen LogP contribution in [-0.2, 0) is 6.61 Å². The first-order valence-corrected chi connectivity index (χ1v) is 14.0. The van der Waals surface area contributed by atoms with Crippen LogP contribution in [0.4, 0.5) is 5.69 Å². The largest absolute Gasteiger partial charge is 0.487 e. The molecule has 0 saturated carbocycles. The number of thiophene rings is 1. The fourth-order valence-corrected chi connectivity index (χ4v) is 6.90. The number of carbonyl (C=O) groups is 1. The van der Waals surface area contributed by atoms with Crippen LogP contribution in [0.3, 0.4) is 0 Å². The van der Waals surface area contributed by atoms with E-state index in [-0.39, 0.29) is 11.6 Å². The average Bonchev–Trinajstić information content (AvgIpc) is 3.32. The van der Waals surface area contributed by atoms with E-state index in [1.807, 2.05) is 30.3 Å². The van der Waals surface area contributed by atoms with Gasteiger partial charge in [-0.05, 0) is 91.3 Å². The third-order valence-electron chi connectivity index (χ3n) is 5.59. The molecule has 4 aromatic carbocycles. The summed E-state index contributed by atoms with van der Waals surface area (Å²) in [5, 5.41) is 18.1. The number of hydrogen-bond donors (Lipinski definition) is 1. The molecule has 0 spiro atoms. The summed E-state index contributed by atoms with van der Waals surface area (Å²) in [5.74, 6) is 0.425. The monoisotopic (exact) mass is 733 g/mol. The normalized spacial score (nSPS) is 11.3. The Balaban J connectivity index is 1.26. The summed E-state index contributed by atoms with van der Waals surface area (Å²) in [6.07, 6.45) is 1.58. The zero-order valence-electron chi connectivity index (χ0n) is 19.0. The Morgan fingerprint density at radius 2 is 1.76 bits per heavy atom. The molecule has 0 aliphatic heterocycles. The SMILES string of the molecule is O=C(N/N=C\c1cc(I)c(OCc2cccc3ccccc23)c(I)c1)c1cc2cc([N+](=O)[O-])ccc2s1. The molecule has 0 atom stereocenters. The molecule has 1 amide bonds. The molecule has 5 aromatic rings. The Hall–Kier alpha value is -3.10.